The van der Waals surface area contributed by atoms with E-state index in [4.69, 9.17) is 0 Å². The lowest BCUT2D eigenvalue weighted by Crippen LogP contribution is -2.29. The van der Waals surface area contributed by atoms with Gasteiger partial charge in [-0.15, -0.1) is 0 Å². The highest BCUT2D eigenvalue weighted by molar-refractivity contribution is 8.01. The molecule has 0 fully saturated rings. The molecule has 0 saturated heterocycles. The Hall–Kier alpha value is -0.520. The smallest absolute Gasteiger partial charge is 0.148 e. The van der Waals surface area contributed by atoms with Crippen LogP contribution in [0.15, 0.2) is 24.3 Å². The van der Waals surface area contributed by atoms with Gasteiger partial charge in [-0.3, -0.25) is 0 Å². The van der Waals surface area contributed by atoms with E-state index in [2.05, 4.69) is 50.4 Å². The number of thioether (sulfide) groups is 1. The Balaban J connectivity index is 2.67. The third-order valence-electron chi connectivity index (χ3n) is 3.16. The second-order valence-corrected chi connectivity index (χ2v) is 8.90. The SMILES string of the molecule is CCNC(c1ccc(C)cc1)C(C)SCCS(C)(=O)=O. The number of nitrogens with one attached hydrogen (secondary N) is 1. The minimum atomic E-state index is -2.87. The minimum absolute atomic E-state index is 0.245. The molecule has 2 unspecified atom stereocenters. The van der Waals surface area contributed by atoms with Crippen LogP contribution in [0.5, 0.6) is 0 Å². The first-order valence-electron chi connectivity index (χ1n) is 6.92. The molecule has 0 aliphatic carbocycles. The van der Waals surface area contributed by atoms with Gasteiger partial charge in [-0.25, -0.2) is 8.42 Å². The summed E-state index contributed by atoms with van der Waals surface area (Å²) in [6.45, 7) is 7.22. The fourth-order valence-electron chi connectivity index (χ4n) is 2.03. The first kappa shape index (κ1) is 17.5. The molecular formula is C15H25NO2S2. The third-order valence-corrected chi connectivity index (χ3v) is 5.61. The zero-order chi connectivity index (χ0) is 15.2. The maximum absolute atomic E-state index is 11.2. The first-order valence-corrected chi connectivity index (χ1v) is 10.0. The van der Waals surface area contributed by atoms with Crippen molar-refractivity contribution in [3.63, 3.8) is 0 Å². The van der Waals surface area contributed by atoms with Gasteiger partial charge in [0.2, 0.25) is 0 Å². The van der Waals surface area contributed by atoms with Crippen LogP contribution >= 0.6 is 11.8 Å². The molecule has 0 aliphatic heterocycles. The van der Waals surface area contributed by atoms with Crippen LogP contribution in [0, 0.1) is 6.92 Å². The van der Waals surface area contributed by atoms with E-state index in [-0.39, 0.29) is 11.8 Å². The number of hydrogen-bond acceptors (Lipinski definition) is 4. The Morgan fingerprint density at radius 1 is 1.25 bits per heavy atom. The van der Waals surface area contributed by atoms with E-state index in [9.17, 15) is 8.42 Å². The highest BCUT2D eigenvalue weighted by Gasteiger charge is 2.19. The summed E-state index contributed by atoms with van der Waals surface area (Å²) < 4.78 is 22.4. The molecule has 1 rings (SSSR count). The third kappa shape index (κ3) is 6.29. The zero-order valence-corrected chi connectivity index (χ0v) is 14.4. The van der Waals surface area contributed by atoms with Crippen LogP contribution in [0.3, 0.4) is 0 Å². The van der Waals surface area contributed by atoms with Crippen molar-refractivity contribution in [1.29, 1.82) is 0 Å². The minimum Gasteiger partial charge on any atom is -0.309 e. The fourth-order valence-corrected chi connectivity index (χ4v) is 4.44. The number of sulfone groups is 1. The van der Waals surface area contributed by atoms with E-state index in [0.29, 0.717) is 11.0 Å². The average molecular weight is 316 g/mol. The van der Waals surface area contributed by atoms with Gasteiger partial charge < -0.3 is 5.32 Å². The topological polar surface area (TPSA) is 46.2 Å². The Kier molecular flexibility index (Phi) is 7.06. The van der Waals surface area contributed by atoms with Crippen LogP contribution in [0.25, 0.3) is 0 Å². The van der Waals surface area contributed by atoms with Gasteiger partial charge in [0.25, 0.3) is 0 Å². The fraction of sp³-hybridized carbons (Fsp3) is 0.600. The molecule has 114 valence electrons. The Labute approximate surface area is 127 Å². The average Bonchev–Trinajstić information content (AvgIpc) is 2.35. The van der Waals surface area contributed by atoms with Crippen LogP contribution in [-0.4, -0.2) is 38.0 Å². The summed E-state index contributed by atoms with van der Waals surface area (Å²) in [6, 6.07) is 8.79. The summed E-state index contributed by atoms with van der Waals surface area (Å²) in [5.74, 6) is 0.891. The maximum Gasteiger partial charge on any atom is 0.148 e. The molecular weight excluding hydrogens is 290 g/mol. The maximum atomic E-state index is 11.2. The van der Waals surface area contributed by atoms with Crippen molar-refractivity contribution in [2.75, 3.05) is 24.3 Å². The molecule has 1 aromatic carbocycles. The van der Waals surface area contributed by atoms with E-state index in [1.54, 1.807) is 11.8 Å². The lowest BCUT2D eigenvalue weighted by Gasteiger charge is -2.25. The first-order chi connectivity index (χ1) is 9.33. The van der Waals surface area contributed by atoms with Crippen LogP contribution in [0.2, 0.25) is 0 Å². The molecule has 2 atom stereocenters. The van der Waals surface area contributed by atoms with Gasteiger partial charge in [-0.2, -0.15) is 11.8 Å². The number of hydrogen-bond donors (Lipinski definition) is 1. The second-order valence-electron chi connectivity index (χ2n) is 5.15. The highest BCUT2D eigenvalue weighted by atomic mass is 32.2. The van der Waals surface area contributed by atoms with E-state index in [1.165, 1.54) is 17.4 Å². The molecule has 1 aromatic rings. The quantitative estimate of drug-likeness (QED) is 0.801. The summed E-state index contributed by atoms with van der Waals surface area (Å²) in [4.78, 5) is 0. The Morgan fingerprint density at radius 3 is 2.35 bits per heavy atom. The van der Waals surface area contributed by atoms with E-state index >= 15 is 0 Å². The second kappa shape index (κ2) is 8.05. The Bertz CT molecular complexity index is 497. The molecule has 0 amide bonds. The van der Waals surface area contributed by atoms with E-state index < -0.39 is 9.84 Å². The van der Waals surface area contributed by atoms with E-state index in [1.807, 2.05) is 0 Å². The number of aryl methyl sites for hydroxylation is 1. The van der Waals surface area contributed by atoms with Crippen LogP contribution in [0.4, 0.5) is 0 Å². The van der Waals surface area contributed by atoms with Gasteiger partial charge in [0.05, 0.1) is 5.75 Å². The molecule has 0 bridgehead atoms. The normalized spacial score (nSPS) is 15.0. The molecule has 0 saturated carbocycles. The van der Waals surface area contributed by atoms with Gasteiger partial charge in [0.1, 0.15) is 9.84 Å². The predicted octanol–water partition coefficient (Wildman–Crippen LogP) is 2.81. The van der Waals surface area contributed by atoms with E-state index in [0.717, 1.165) is 6.54 Å². The van der Waals surface area contributed by atoms with Crippen molar-refractivity contribution in [3.8, 4) is 0 Å². The molecule has 0 aromatic heterocycles. The summed E-state index contributed by atoms with van der Waals surface area (Å²) >= 11 is 1.71. The lowest BCUT2D eigenvalue weighted by atomic mass is 10.0. The molecule has 0 aliphatic rings. The largest absolute Gasteiger partial charge is 0.309 e. The van der Waals surface area contributed by atoms with Crippen LogP contribution < -0.4 is 5.32 Å². The number of benzene rings is 1. The van der Waals surface area contributed by atoms with Crippen molar-refractivity contribution in [1.82, 2.24) is 5.32 Å². The van der Waals surface area contributed by atoms with Crippen LogP contribution in [0.1, 0.15) is 31.0 Å². The zero-order valence-electron chi connectivity index (χ0n) is 12.7. The van der Waals surface area contributed by atoms with Crippen molar-refractivity contribution >= 4 is 21.6 Å². The van der Waals surface area contributed by atoms with Gasteiger partial charge in [0, 0.05) is 23.3 Å². The predicted molar refractivity (Wildman–Crippen MR) is 89.2 cm³/mol. The summed E-state index contributed by atoms with van der Waals surface area (Å²) in [7, 11) is -2.87. The molecule has 3 nitrogen and oxygen atoms in total. The van der Waals surface area contributed by atoms with Crippen molar-refractivity contribution in [3.05, 3.63) is 35.4 Å². The van der Waals surface area contributed by atoms with Crippen molar-refractivity contribution < 1.29 is 8.42 Å². The number of rotatable bonds is 8. The summed E-state index contributed by atoms with van der Waals surface area (Å²) in [5.41, 5.74) is 2.51. The molecule has 20 heavy (non-hydrogen) atoms. The highest BCUT2D eigenvalue weighted by Crippen LogP contribution is 2.26. The van der Waals surface area contributed by atoms with Gasteiger partial charge in [-0.1, -0.05) is 43.7 Å². The summed E-state index contributed by atoms with van der Waals surface area (Å²) in [5, 5.41) is 3.83. The molecule has 0 radical (unpaired) electrons. The molecule has 5 heteroatoms. The monoisotopic (exact) mass is 315 g/mol. The van der Waals surface area contributed by atoms with Gasteiger partial charge in [-0.05, 0) is 19.0 Å². The molecule has 0 spiro atoms. The van der Waals surface area contributed by atoms with Crippen LogP contribution in [-0.2, 0) is 9.84 Å². The van der Waals surface area contributed by atoms with Crippen molar-refractivity contribution in [2.24, 2.45) is 0 Å². The molecule has 1 N–H and O–H groups in total. The van der Waals surface area contributed by atoms with Gasteiger partial charge >= 0.3 is 0 Å². The molecule has 0 heterocycles. The summed E-state index contributed by atoms with van der Waals surface area (Å²) in [6.07, 6.45) is 1.29. The Morgan fingerprint density at radius 2 is 1.85 bits per heavy atom. The van der Waals surface area contributed by atoms with Crippen molar-refractivity contribution in [2.45, 2.75) is 32.1 Å². The lowest BCUT2D eigenvalue weighted by molar-refractivity contribution is 0.548. The van der Waals surface area contributed by atoms with Gasteiger partial charge in [0.15, 0.2) is 0 Å². The standard InChI is InChI=1S/C15H25NO2S2/c1-5-16-15(14-8-6-12(2)7-9-14)13(3)19-10-11-20(4,17)18/h6-9,13,15-16H,5,10-11H2,1-4H3.